The first-order valence-corrected chi connectivity index (χ1v) is 3.82. The molecule has 0 atom stereocenters. The first-order valence-electron chi connectivity index (χ1n) is 3.82. The molecule has 6 nitrogen and oxygen atoms in total. The molecular weight excluding hydrogens is 186 g/mol. The number of rotatable bonds is 2. The van der Waals surface area contributed by atoms with Crippen LogP contribution in [0.1, 0.15) is 5.56 Å². The number of hydrogen-bond donors (Lipinski definition) is 2. The van der Waals surface area contributed by atoms with Gasteiger partial charge in [0.2, 0.25) is 0 Å². The maximum absolute atomic E-state index is 10.5. The number of nitro benzene ring substituents is 1. The van der Waals surface area contributed by atoms with Gasteiger partial charge in [0, 0.05) is 17.3 Å². The predicted octanol–water partition coefficient (Wildman–Crippen LogP) is 1.39. The molecule has 3 N–H and O–H groups in total. The summed E-state index contributed by atoms with van der Waals surface area (Å²) in [6, 6.07) is 3.54. The van der Waals surface area contributed by atoms with Gasteiger partial charge in [0.15, 0.2) is 0 Å². The highest BCUT2D eigenvalue weighted by Crippen LogP contribution is 2.21. The number of amides is 2. The number of primary amides is 1. The zero-order valence-electron chi connectivity index (χ0n) is 7.48. The largest absolute Gasteiger partial charge is 0.351 e. The van der Waals surface area contributed by atoms with Crippen molar-refractivity contribution in [2.45, 2.75) is 6.92 Å². The maximum atomic E-state index is 10.5. The van der Waals surface area contributed by atoms with Gasteiger partial charge < -0.3 is 11.1 Å². The van der Waals surface area contributed by atoms with Crippen molar-refractivity contribution in [1.29, 1.82) is 0 Å². The molecule has 0 heterocycles. The molecule has 0 aliphatic carbocycles. The van der Waals surface area contributed by atoms with Crippen LogP contribution >= 0.6 is 0 Å². The molecule has 0 saturated heterocycles. The standard InChI is InChI=1S/C8H9N3O3/c1-5-4-6(10-8(9)12)2-3-7(5)11(13)14/h2-4H,1H3,(H3,9,10,12). The number of nitro groups is 1. The van der Waals surface area contributed by atoms with E-state index in [-0.39, 0.29) is 5.69 Å². The summed E-state index contributed by atoms with van der Waals surface area (Å²) >= 11 is 0. The van der Waals surface area contributed by atoms with Crippen LogP contribution in [-0.2, 0) is 0 Å². The Kier molecular flexibility index (Phi) is 2.66. The number of benzene rings is 1. The SMILES string of the molecule is Cc1cc(NC(N)=O)ccc1[N+](=O)[O-]. The van der Waals surface area contributed by atoms with Gasteiger partial charge in [-0.2, -0.15) is 0 Å². The lowest BCUT2D eigenvalue weighted by Gasteiger charge is -2.02. The lowest BCUT2D eigenvalue weighted by molar-refractivity contribution is -0.385. The summed E-state index contributed by atoms with van der Waals surface area (Å²) in [6.07, 6.45) is 0. The van der Waals surface area contributed by atoms with Crippen LogP contribution in [0.5, 0.6) is 0 Å². The van der Waals surface area contributed by atoms with Crippen molar-refractivity contribution in [2.24, 2.45) is 5.73 Å². The molecule has 0 saturated carbocycles. The summed E-state index contributed by atoms with van der Waals surface area (Å²) in [5, 5.41) is 12.8. The summed E-state index contributed by atoms with van der Waals surface area (Å²) < 4.78 is 0. The predicted molar refractivity (Wildman–Crippen MR) is 51.0 cm³/mol. The van der Waals surface area contributed by atoms with Gasteiger partial charge in [-0.3, -0.25) is 10.1 Å². The number of nitrogens with two attached hydrogens (primary N) is 1. The Bertz CT molecular complexity index is 389. The van der Waals surface area contributed by atoms with E-state index in [1.165, 1.54) is 18.2 Å². The van der Waals surface area contributed by atoms with Crippen molar-refractivity contribution in [3.05, 3.63) is 33.9 Å². The highest BCUT2D eigenvalue weighted by Gasteiger charge is 2.10. The second kappa shape index (κ2) is 3.73. The van der Waals surface area contributed by atoms with E-state index in [0.29, 0.717) is 11.3 Å². The molecule has 1 aromatic rings. The zero-order valence-corrected chi connectivity index (χ0v) is 7.48. The second-order valence-electron chi connectivity index (χ2n) is 2.75. The molecular formula is C8H9N3O3. The van der Waals surface area contributed by atoms with E-state index in [9.17, 15) is 14.9 Å². The molecule has 0 radical (unpaired) electrons. The Morgan fingerprint density at radius 3 is 2.64 bits per heavy atom. The number of carbonyl (C=O) groups is 1. The van der Waals surface area contributed by atoms with Gasteiger partial charge in [-0.25, -0.2) is 4.79 Å². The fourth-order valence-corrected chi connectivity index (χ4v) is 1.08. The Balaban J connectivity index is 3.00. The van der Waals surface area contributed by atoms with E-state index in [0.717, 1.165) is 0 Å². The van der Waals surface area contributed by atoms with Crippen LogP contribution in [0.2, 0.25) is 0 Å². The Morgan fingerprint density at radius 1 is 1.57 bits per heavy atom. The summed E-state index contributed by atoms with van der Waals surface area (Å²) in [5.74, 6) is 0. The quantitative estimate of drug-likeness (QED) is 0.551. The third-order valence-corrected chi connectivity index (χ3v) is 1.66. The van der Waals surface area contributed by atoms with Gasteiger partial charge in [-0.1, -0.05) is 0 Å². The molecule has 14 heavy (non-hydrogen) atoms. The van der Waals surface area contributed by atoms with E-state index in [4.69, 9.17) is 5.73 Å². The van der Waals surface area contributed by atoms with Gasteiger partial charge in [0.05, 0.1) is 4.92 Å². The number of nitrogens with zero attached hydrogens (tertiary/aromatic N) is 1. The van der Waals surface area contributed by atoms with Crippen molar-refractivity contribution >= 4 is 17.4 Å². The number of carbonyl (C=O) groups excluding carboxylic acids is 1. The van der Waals surface area contributed by atoms with Crippen molar-refractivity contribution in [1.82, 2.24) is 0 Å². The Hall–Kier alpha value is -2.11. The van der Waals surface area contributed by atoms with Crippen LogP contribution in [0, 0.1) is 17.0 Å². The molecule has 1 aromatic carbocycles. The molecule has 2 amide bonds. The lowest BCUT2D eigenvalue weighted by atomic mass is 10.2. The first kappa shape index (κ1) is 9.97. The fourth-order valence-electron chi connectivity index (χ4n) is 1.08. The molecule has 0 aromatic heterocycles. The third kappa shape index (κ3) is 2.19. The van der Waals surface area contributed by atoms with Crippen LogP contribution in [0.4, 0.5) is 16.2 Å². The third-order valence-electron chi connectivity index (χ3n) is 1.66. The Morgan fingerprint density at radius 2 is 2.21 bits per heavy atom. The number of aryl methyl sites for hydroxylation is 1. The number of hydrogen-bond acceptors (Lipinski definition) is 3. The summed E-state index contributed by atoms with van der Waals surface area (Å²) in [6.45, 7) is 1.59. The van der Waals surface area contributed by atoms with Crippen molar-refractivity contribution < 1.29 is 9.72 Å². The average molecular weight is 195 g/mol. The van der Waals surface area contributed by atoms with Crippen LogP contribution < -0.4 is 11.1 Å². The van der Waals surface area contributed by atoms with E-state index < -0.39 is 11.0 Å². The monoisotopic (exact) mass is 195 g/mol. The maximum Gasteiger partial charge on any atom is 0.316 e. The topological polar surface area (TPSA) is 98.3 Å². The summed E-state index contributed by atoms with van der Waals surface area (Å²) in [7, 11) is 0. The van der Waals surface area contributed by atoms with E-state index in [1.807, 2.05) is 0 Å². The number of nitrogens with one attached hydrogen (secondary N) is 1. The fraction of sp³-hybridized carbons (Fsp3) is 0.125. The molecule has 0 aliphatic heterocycles. The second-order valence-corrected chi connectivity index (χ2v) is 2.75. The van der Waals surface area contributed by atoms with E-state index in [1.54, 1.807) is 6.92 Å². The highest BCUT2D eigenvalue weighted by molar-refractivity contribution is 5.88. The molecule has 0 bridgehead atoms. The van der Waals surface area contributed by atoms with Gasteiger partial charge in [0.25, 0.3) is 5.69 Å². The van der Waals surface area contributed by atoms with E-state index in [2.05, 4.69) is 5.32 Å². The van der Waals surface area contributed by atoms with Gasteiger partial charge in [-0.15, -0.1) is 0 Å². The smallest absolute Gasteiger partial charge is 0.316 e. The Labute approximate surface area is 79.9 Å². The van der Waals surface area contributed by atoms with Gasteiger partial charge >= 0.3 is 6.03 Å². The zero-order chi connectivity index (χ0) is 10.7. The minimum Gasteiger partial charge on any atom is -0.351 e. The molecule has 0 fully saturated rings. The van der Waals surface area contributed by atoms with Crippen molar-refractivity contribution in [2.75, 3.05) is 5.32 Å². The van der Waals surface area contributed by atoms with E-state index >= 15 is 0 Å². The highest BCUT2D eigenvalue weighted by atomic mass is 16.6. The van der Waals surface area contributed by atoms with Gasteiger partial charge in [-0.05, 0) is 19.1 Å². The van der Waals surface area contributed by atoms with Gasteiger partial charge in [0.1, 0.15) is 0 Å². The molecule has 0 unspecified atom stereocenters. The first-order chi connectivity index (χ1) is 6.50. The number of anilines is 1. The van der Waals surface area contributed by atoms with Crippen LogP contribution in [0.25, 0.3) is 0 Å². The molecule has 6 heteroatoms. The normalized spacial score (nSPS) is 9.50. The minimum atomic E-state index is -0.696. The summed E-state index contributed by atoms with van der Waals surface area (Å²) in [5.41, 5.74) is 5.82. The number of urea groups is 1. The molecule has 74 valence electrons. The minimum absolute atomic E-state index is 0.0139. The van der Waals surface area contributed by atoms with Crippen molar-refractivity contribution in [3.8, 4) is 0 Å². The lowest BCUT2D eigenvalue weighted by Crippen LogP contribution is -2.19. The summed E-state index contributed by atoms with van der Waals surface area (Å²) in [4.78, 5) is 20.4. The average Bonchev–Trinajstić information content (AvgIpc) is 2.01. The van der Waals surface area contributed by atoms with Crippen LogP contribution in [0.3, 0.4) is 0 Å². The molecule has 0 aliphatic rings. The van der Waals surface area contributed by atoms with Crippen LogP contribution in [0.15, 0.2) is 18.2 Å². The molecule has 0 spiro atoms. The molecule has 1 rings (SSSR count). The van der Waals surface area contributed by atoms with Crippen LogP contribution in [-0.4, -0.2) is 11.0 Å². The van der Waals surface area contributed by atoms with Crippen molar-refractivity contribution in [3.63, 3.8) is 0 Å².